The van der Waals surface area contributed by atoms with Crippen LogP contribution >= 0.6 is 12.6 Å². The van der Waals surface area contributed by atoms with Crippen LogP contribution < -0.4 is 0 Å². The number of aliphatic hydroxyl groups is 1. The molecule has 0 saturated heterocycles. The van der Waals surface area contributed by atoms with Gasteiger partial charge in [-0.05, 0) is 62.0 Å². The largest absolute Gasteiger partial charge is 0.457 e. The van der Waals surface area contributed by atoms with E-state index in [1.54, 1.807) is 13.8 Å². The van der Waals surface area contributed by atoms with Crippen LogP contribution in [0.3, 0.4) is 0 Å². The van der Waals surface area contributed by atoms with Gasteiger partial charge in [-0.15, -0.1) is 12.6 Å². The molecule has 5 rings (SSSR count). The standard InChI is InChI=1S/C26H28F2O6S/c1-13-9-15-16-11-18(27)17-10-14(29)6-7-23(17,2)25(16,28)20(30)12-24(15,3)26(13,22(32)35)34-21(31)19-5-4-8-33-19/h4-8,10,13,15-16,18,20,30H,9,11-12H2,1-3H3,(H,32,35)/t13?,15?,16?,18?,20?,23-,24-,25?,26-/m0/s1. The Bertz CT molecular complexity index is 1160. The van der Waals surface area contributed by atoms with E-state index in [2.05, 4.69) is 12.6 Å². The fraction of sp³-hybridized carbons (Fsp3) is 0.577. The molecular weight excluding hydrogens is 478 g/mol. The molecule has 0 spiro atoms. The van der Waals surface area contributed by atoms with Gasteiger partial charge in [-0.25, -0.2) is 13.6 Å². The van der Waals surface area contributed by atoms with E-state index in [-0.39, 0.29) is 30.6 Å². The number of thiol groups is 1. The van der Waals surface area contributed by atoms with Crippen molar-refractivity contribution in [3.63, 3.8) is 0 Å². The van der Waals surface area contributed by atoms with Crippen LogP contribution in [0.4, 0.5) is 8.78 Å². The van der Waals surface area contributed by atoms with E-state index < -0.39 is 69.0 Å². The molecule has 3 fully saturated rings. The number of aliphatic hydroxyl groups excluding tert-OH is 1. The molecule has 1 aromatic heterocycles. The van der Waals surface area contributed by atoms with Crippen molar-refractivity contribution in [3.8, 4) is 0 Å². The number of esters is 1. The second kappa shape index (κ2) is 7.62. The molecule has 1 heterocycles. The zero-order valence-corrected chi connectivity index (χ0v) is 20.6. The number of ketones is 1. The lowest BCUT2D eigenvalue weighted by atomic mass is 9.44. The number of hydrogen-bond acceptors (Lipinski definition) is 6. The van der Waals surface area contributed by atoms with Crippen molar-refractivity contribution in [1.29, 1.82) is 0 Å². The number of halogens is 2. The van der Waals surface area contributed by atoms with Gasteiger partial charge in [0.15, 0.2) is 17.1 Å². The van der Waals surface area contributed by atoms with E-state index in [0.717, 1.165) is 6.08 Å². The highest BCUT2D eigenvalue weighted by Crippen LogP contribution is 2.71. The smallest absolute Gasteiger partial charge is 0.375 e. The maximum Gasteiger partial charge on any atom is 0.375 e. The van der Waals surface area contributed by atoms with Crippen molar-refractivity contribution in [2.75, 3.05) is 0 Å². The summed E-state index contributed by atoms with van der Waals surface area (Å²) in [5.74, 6) is -3.57. The second-order valence-electron chi connectivity index (χ2n) is 10.9. The average Bonchev–Trinajstić information content (AvgIpc) is 3.39. The van der Waals surface area contributed by atoms with Gasteiger partial charge in [0.2, 0.25) is 10.9 Å². The zero-order chi connectivity index (χ0) is 25.6. The third kappa shape index (κ3) is 2.88. The summed E-state index contributed by atoms with van der Waals surface area (Å²) in [6, 6.07) is 2.91. The van der Waals surface area contributed by atoms with E-state index >= 15 is 8.78 Å². The summed E-state index contributed by atoms with van der Waals surface area (Å²) in [4.78, 5) is 38.0. The van der Waals surface area contributed by atoms with Gasteiger partial charge in [0.1, 0.15) is 6.17 Å². The number of carbonyl (C=O) groups is 3. The summed E-state index contributed by atoms with van der Waals surface area (Å²) >= 11 is 4.11. The number of fused-ring (bicyclic) bond motifs is 5. The molecule has 1 aromatic rings. The predicted molar refractivity (Wildman–Crippen MR) is 124 cm³/mol. The first kappa shape index (κ1) is 24.4. The second-order valence-corrected chi connectivity index (χ2v) is 11.3. The van der Waals surface area contributed by atoms with Gasteiger partial charge in [0.05, 0.1) is 12.4 Å². The van der Waals surface area contributed by atoms with Gasteiger partial charge in [-0.1, -0.05) is 19.9 Å². The summed E-state index contributed by atoms with van der Waals surface area (Å²) in [5.41, 5.74) is -6.80. The van der Waals surface area contributed by atoms with E-state index in [1.807, 2.05) is 0 Å². The van der Waals surface area contributed by atoms with E-state index in [4.69, 9.17) is 9.15 Å². The van der Waals surface area contributed by atoms with Gasteiger partial charge < -0.3 is 14.3 Å². The molecule has 6 nitrogen and oxygen atoms in total. The van der Waals surface area contributed by atoms with E-state index in [0.29, 0.717) is 0 Å². The summed E-state index contributed by atoms with van der Waals surface area (Å²) in [6.45, 7) is 4.93. The van der Waals surface area contributed by atoms with Gasteiger partial charge in [0, 0.05) is 22.7 Å². The highest BCUT2D eigenvalue weighted by molar-refractivity contribution is 7.96. The van der Waals surface area contributed by atoms with E-state index in [9.17, 15) is 19.5 Å². The number of carbonyl (C=O) groups excluding carboxylic acids is 3. The number of alkyl halides is 2. The van der Waals surface area contributed by atoms with Crippen molar-refractivity contribution in [3.05, 3.63) is 48.0 Å². The minimum atomic E-state index is -2.29. The lowest BCUT2D eigenvalue weighted by molar-refractivity contribution is -0.221. The molecule has 0 amide bonds. The Morgan fingerprint density at radius 2 is 1.97 bits per heavy atom. The number of hydrogen-bond donors (Lipinski definition) is 2. The van der Waals surface area contributed by atoms with E-state index in [1.165, 1.54) is 37.5 Å². The van der Waals surface area contributed by atoms with Crippen molar-refractivity contribution in [1.82, 2.24) is 0 Å². The monoisotopic (exact) mass is 506 g/mol. The molecule has 4 aliphatic rings. The van der Waals surface area contributed by atoms with Gasteiger partial charge in [-0.3, -0.25) is 9.59 Å². The molecule has 0 aliphatic heterocycles. The van der Waals surface area contributed by atoms with Gasteiger partial charge in [0.25, 0.3) is 0 Å². The Kier molecular flexibility index (Phi) is 5.32. The minimum Gasteiger partial charge on any atom is -0.457 e. The summed E-state index contributed by atoms with van der Waals surface area (Å²) < 4.78 is 43.8. The van der Waals surface area contributed by atoms with Crippen molar-refractivity contribution >= 4 is 29.5 Å². The Hall–Kier alpha value is -2.26. The van der Waals surface area contributed by atoms with Crippen LogP contribution in [-0.2, 0) is 14.3 Å². The van der Waals surface area contributed by atoms with Crippen LogP contribution in [0.1, 0.15) is 50.6 Å². The van der Waals surface area contributed by atoms with Gasteiger partial charge >= 0.3 is 5.97 Å². The predicted octanol–water partition coefficient (Wildman–Crippen LogP) is 4.20. The van der Waals surface area contributed by atoms with Gasteiger partial charge in [-0.2, -0.15) is 0 Å². The maximum atomic E-state index is 17.3. The molecular formula is C26H28F2O6S. The normalized spacial score (nSPS) is 46.3. The summed E-state index contributed by atoms with van der Waals surface area (Å²) in [7, 11) is 0. The van der Waals surface area contributed by atoms with Crippen molar-refractivity contribution in [2.24, 2.45) is 28.6 Å². The topological polar surface area (TPSA) is 93.8 Å². The molecule has 9 heteroatoms. The molecule has 0 bridgehead atoms. The Morgan fingerprint density at radius 1 is 1.26 bits per heavy atom. The average molecular weight is 507 g/mol. The van der Waals surface area contributed by atoms with Crippen LogP contribution in [0, 0.1) is 28.6 Å². The molecule has 0 aromatic carbocycles. The SMILES string of the molecule is CC1CC2C3CC(F)C4=CC(=O)C=C[C@]4(C)C3(F)C(O)C[C@]2(C)[C@@]1(OC(=O)c1ccco1)C(=O)S. The van der Waals surface area contributed by atoms with Crippen LogP contribution in [-0.4, -0.2) is 45.5 Å². The molecule has 1 N–H and O–H groups in total. The third-order valence-electron chi connectivity index (χ3n) is 9.46. The number of rotatable bonds is 3. The fourth-order valence-electron chi connectivity index (χ4n) is 7.83. The Labute approximate surface area is 207 Å². The van der Waals surface area contributed by atoms with Crippen LogP contribution in [0.15, 0.2) is 46.6 Å². The molecule has 188 valence electrons. The lowest BCUT2D eigenvalue weighted by Gasteiger charge is -2.63. The minimum absolute atomic E-state index is 0.0261. The molecule has 9 atom stereocenters. The molecule has 6 unspecified atom stereocenters. The molecule has 3 saturated carbocycles. The lowest BCUT2D eigenvalue weighted by Crippen LogP contribution is -2.70. The highest BCUT2D eigenvalue weighted by Gasteiger charge is 2.78. The summed E-state index contributed by atoms with van der Waals surface area (Å²) in [5, 5.41) is 10.7. The molecule has 4 aliphatic carbocycles. The Balaban J connectivity index is 1.62. The van der Waals surface area contributed by atoms with Crippen molar-refractivity contribution < 1.29 is 37.4 Å². The third-order valence-corrected chi connectivity index (χ3v) is 9.79. The first-order valence-electron chi connectivity index (χ1n) is 11.8. The number of allylic oxidation sites excluding steroid dienone is 4. The maximum absolute atomic E-state index is 17.3. The molecule has 35 heavy (non-hydrogen) atoms. The van der Waals surface area contributed by atoms with Crippen molar-refractivity contribution in [2.45, 2.75) is 63.6 Å². The number of furan rings is 1. The fourth-order valence-corrected chi connectivity index (χ4v) is 8.35. The first-order valence-corrected chi connectivity index (χ1v) is 12.2. The summed E-state index contributed by atoms with van der Waals surface area (Å²) in [6.07, 6.45) is 1.58. The number of ether oxygens (including phenoxy) is 1. The first-order chi connectivity index (χ1) is 16.3. The Morgan fingerprint density at radius 3 is 2.60 bits per heavy atom. The van der Waals surface area contributed by atoms with Crippen LogP contribution in [0.5, 0.6) is 0 Å². The zero-order valence-electron chi connectivity index (χ0n) is 19.7. The molecule has 0 radical (unpaired) electrons. The van der Waals surface area contributed by atoms with Crippen LogP contribution in [0.2, 0.25) is 0 Å². The van der Waals surface area contributed by atoms with Crippen LogP contribution in [0.25, 0.3) is 0 Å². The highest BCUT2D eigenvalue weighted by atomic mass is 32.1. The quantitative estimate of drug-likeness (QED) is 0.472.